The Labute approximate surface area is 121 Å². The van der Waals surface area contributed by atoms with Gasteiger partial charge >= 0.3 is 0 Å². The molecule has 1 saturated heterocycles. The minimum atomic E-state index is 0.173. The second-order valence-electron chi connectivity index (χ2n) is 6.00. The van der Waals surface area contributed by atoms with Crippen molar-refractivity contribution in [1.82, 2.24) is 4.90 Å². The highest BCUT2D eigenvalue weighted by atomic mass is 16.5. The first-order chi connectivity index (χ1) is 9.61. The van der Waals surface area contributed by atoms with Crippen LogP contribution in [0.15, 0.2) is 30.3 Å². The lowest BCUT2D eigenvalue weighted by atomic mass is 9.95. The molecule has 3 nitrogen and oxygen atoms in total. The molecule has 3 heteroatoms. The van der Waals surface area contributed by atoms with E-state index in [0.717, 1.165) is 19.6 Å². The minimum absolute atomic E-state index is 0.173. The van der Waals surface area contributed by atoms with E-state index in [-0.39, 0.29) is 11.9 Å². The molecule has 1 aromatic rings. The van der Waals surface area contributed by atoms with E-state index in [2.05, 4.69) is 26.0 Å². The molecule has 1 aromatic carbocycles. The number of hydrogen-bond acceptors (Lipinski definition) is 2. The molecule has 3 unspecified atom stereocenters. The first-order valence-corrected chi connectivity index (χ1v) is 7.45. The molecule has 0 spiro atoms. The lowest BCUT2D eigenvalue weighted by molar-refractivity contribution is -0.129. The monoisotopic (exact) mass is 275 g/mol. The maximum atomic E-state index is 12.2. The van der Waals surface area contributed by atoms with Crippen molar-refractivity contribution in [3.8, 4) is 0 Å². The molecule has 1 aliphatic rings. The number of hydrogen-bond donors (Lipinski definition) is 0. The molecule has 3 atom stereocenters. The Kier molecular flexibility index (Phi) is 5.18. The van der Waals surface area contributed by atoms with E-state index in [9.17, 15) is 4.79 Å². The first kappa shape index (κ1) is 15.0. The van der Waals surface area contributed by atoms with Gasteiger partial charge in [-0.2, -0.15) is 0 Å². The Morgan fingerprint density at radius 1 is 1.30 bits per heavy atom. The van der Waals surface area contributed by atoms with Crippen LogP contribution in [0.2, 0.25) is 0 Å². The Morgan fingerprint density at radius 3 is 2.65 bits per heavy atom. The van der Waals surface area contributed by atoms with Gasteiger partial charge in [0.25, 0.3) is 0 Å². The van der Waals surface area contributed by atoms with Crippen LogP contribution in [0.1, 0.15) is 38.3 Å². The molecule has 110 valence electrons. The average Bonchev–Trinajstić information content (AvgIpc) is 2.80. The molecule has 1 fully saturated rings. The summed E-state index contributed by atoms with van der Waals surface area (Å²) in [6.45, 7) is 5.97. The fourth-order valence-electron chi connectivity index (χ4n) is 3.17. The van der Waals surface area contributed by atoms with Gasteiger partial charge in [-0.05, 0) is 30.7 Å². The average molecular weight is 275 g/mol. The van der Waals surface area contributed by atoms with Gasteiger partial charge in [-0.15, -0.1) is 0 Å². The fourth-order valence-corrected chi connectivity index (χ4v) is 3.17. The minimum Gasteiger partial charge on any atom is -0.384 e. The summed E-state index contributed by atoms with van der Waals surface area (Å²) in [7, 11) is 1.74. The molecule has 2 rings (SSSR count). The highest BCUT2D eigenvalue weighted by molar-refractivity contribution is 5.79. The third kappa shape index (κ3) is 3.60. The fraction of sp³-hybridized carbons (Fsp3) is 0.588. The van der Waals surface area contributed by atoms with Crippen LogP contribution in [-0.4, -0.2) is 31.1 Å². The molecule has 1 aliphatic heterocycles. The molecule has 1 heterocycles. The van der Waals surface area contributed by atoms with Crippen molar-refractivity contribution in [3.63, 3.8) is 0 Å². The number of carbonyl (C=O) groups excluding carboxylic acids is 1. The lowest BCUT2D eigenvalue weighted by Gasteiger charge is -2.25. The van der Waals surface area contributed by atoms with Gasteiger partial charge in [0.15, 0.2) is 0 Å². The van der Waals surface area contributed by atoms with Crippen molar-refractivity contribution in [3.05, 3.63) is 35.9 Å². The van der Waals surface area contributed by atoms with Gasteiger partial charge in [-0.25, -0.2) is 0 Å². The number of rotatable bonds is 6. The van der Waals surface area contributed by atoms with Gasteiger partial charge in [-0.3, -0.25) is 4.79 Å². The molecule has 0 bridgehead atoms. The summed E-state index contributed by atoms with van der Waals surface area (Å²) in [4.78, 5) is 14.3. The summed E-state index contributed by atoms with van der Waals surface area (Å²) < 4.78 is 5.19. The number of methoxy groups -OCH3 is 1. The van der Waals surface area contributed by atoms with Crippen LogP contribution in [0.25, 0.3) is 0 Å². The number of amides is 1. The Hall–Kier alpha value is -1.35. The van der Waals surface area contributed by atoms with Crippen LogP contribution in [-0.2, 0) is 9.53 Å². The Balaban J connectivity index is 1.95. The van der Waals surface area contributed by atoms with Crippen LogP contribution in [0.4, 0.5) is 0 Å². The number of benzene rings is 1. The standard InChI is InChI=1S/C17H25NO2/c1-13(12-20-3)9-15-10-17(19)18(11-15)14(2)16-7-5-4-6-8-16/h4-8,13-15H,9-12H2,1-3H3. The zero-order chi connectivity index (χ0) is 14.5. The molecule has 0 N–H and O–H groups in total. The molecule has 0 saturated carbocycles. The van der Waals surface area contributed by atoms with Gasteiger partial charge in [0.05, 0.1) is 6.04 Å². The van der Waals surface area contributed by atoms with Gasteiger partial charge in [0.2, 0.25) is 5.91 Å². The van der Waals surface area contributed by atoms with Crippen LogP contribution >= 0.6 is 0 Å². The third-order valence-electron chi connectivity index (χ3n) is 4.17. The molecule has 0 aliphatic carbocycles. The van der Waals surface area contributed by atoms with Crippen LogP contribution in [0.3, 0.4) is 0 Å². The summed E-state index contributed by atoms with van der Waals surface area (Å²) in [6, 6.07) is 10.4. The second kappa shape index (κ2) is 6.89. The number of likely N-dealkylation sites (tertiary alicyclic amines) is 1. The Morgan fingerprint density at radius 2 is 2.00 bits per heavy atom. The first-order valence-electron chi connectivity index (χ1n) is 7.45. The highest BCUT2D eigenvalue weighted by Gasteiger charge is 2.33. The van der Waals surface area contributed by atoms with Crippen molar-refractivity contribution in [2.75, 3.05) is 20.3 Å². The van der Waals surface area contributed by atoms with Gasteiger partial charge in [0, 0.05) is 26.7 Å². The van der Waals surface area contributed by atoms with Gasteiger partial charge in [-0.1, -0.05) is 37.3 Å². The second-order valence-corrected chi connectivity index (χ2v) is 6.00. The van der Waals surface area contributed by atoms with Crippen molar-refractivity contribution in [2.45, 2.75) is 32.7 Å². The molecular formula is C17H25NO2. The van der Waals surface area contributed by atoms with Gasteiger partial charge < -0.3 is 9.64 Å². The third-order valence-corrected chi connectivity index (χ3v) is 4.17. The molecule has 0 aromatic heterocycles. The number of carbonyl (C=O) groups is 1. The molecule has 20 heavy (non-hydrogen) atoms. The SMILES string of the molecule is COCC(C)CC1CC(=O)N(C(C)c2ccccc2)C1. The van der Waals surface area contributed by atoms with E-state index >= 15 is 0 Å². The van der Waals surface area contributed by atoms with Crippen molar-refractivity contribution >= 4 is 5.91 Å². The lowest BCUT2D eigenvalue weighted by Crippen LogP contribution is -2.28. The topological polar surface area (TPSA) is 29.5 Å². The summed E-state index contributed by atoms with van der Waals surface area (Å²) in [5.74, 6) is 1.28. The van der Waals surface area contributed by atoms with E-state index in [4.69, 9.17) is 4.74 Å². The normalized spacial score (nSPS) is 22.1. The highest BCUT2D eigenvalue weighted by Crippen LogP contribution is 2.31. The zero-order valence-electron chi connectivity index (χ0n) is 12.7. The zero-order valence-corrected chi connectivity index (χ0v) is 12.7. The van der Waals surface area contributed by atoms with Crippen LogP contribution < -0.4 is 0 Å². The predicted molar refractivity (Wildman–Crippen MR) is 80.3 cm³/mol. The van der Waals surface area contributed by atoms with Gasteiger partial charge in [0.1, 0.15) is 0 Å². The van der Waals surface area contributed by atoms with E-state index in [1.165, 1.54) is 5.56 Å². The smallest absolute Gasteiger partial charge is 0.223 e. The number of ether oxygens (including phenoxy) is 1. The maximum absolute atomic E-state index is 12.2. The maximum Gasteiger partial charge on any atom is 0.223 e. The van der Waals surface area contributed by atoms with Crippen molar-refractivity contribution < 1.29 is 9.53 Å². The summed E-state index contributed by atoms with van der Waals surface area (Å²) >= 11 is 0. The van der Waals surface area contributed by atoms with Crippen LogP contribution in [0.5, 0.6) is 0 Å². The number of nitrogens with zero attached hydrogens (tertiary/aromatic N) is 1. The molecular weight excluding hydrogens is 250 g/mol. The summed E-state index contributed by atoms with van der Waals surface area (Å²) in [5.41, 5.74) is 1.21. The van der Waals surface area contributed by atoms with E-state index in [0.29, 0.717) is 18.3 Å². The van der Waals surface area contributed by atoms with E-state index in [1.54, 1.807) is 7.11 Å². The predicted octanol–water partition coefficient (Wildman–Crippen LogP) is 3.27. The Bertz CT molecular complexity index is 432. The van der Waals surface area contributed by atoms with Crippen molar-refractivity contribution in [2.24, 2.45) is 11.8 Å². The van der Waals surface area contributed by atoms with Crippen molar-refractivity contribution in [1.29, 1.82) is 0 Å². The molecule has 0 radical (unpaired) electrons. The summed E-state index contributed by atoms with van der Waals surface area (Å²) in [5, 5.41) is 0. The van der Waals surface area contributed by atoms with Crippen LogP contribution in [0, 0.1) is 11.8 Å². The summed E-state index contributed by atoms with van der Waals surface area (Å²) in [6.07, 6.45) is 1.75. The largest absolute Gasteiger partial charge is 0.384 e. The quantitative estimate of drug-likeness (QED) is 0.797. The molecule has 1 amide bonds. The van der Waals surface area contributed by atoms with E-state index < -0.39 is 0 Å². The van der Waals surface area contributed by atoms with E-state index in [1.807, 2.05) is 23.1 Å².